The Bertz CT molecular complexity index is 1130. The van der Waals surface area contributed by atoms with E-state index in [-0.39, 0.29) is 41.1 Å². The average molecular weight is 446 g/mol. The third-order valence-corrected chi connectivity index (χ3v) is 6.09. The summed E-state index contributed by atoms with van der Waals surface area (Å²) in [6, 6.07) is 6.11. The highest BCUT2D eigenvalue weighted by atomic mass is 19.4. The summed E-state index contributed by atoms with van der Waals surface area (Å²) < 4.78 is 58.1. The number of nitrogens with zero attached hydrogens (tertiary/aromatic N) is 3. The summed E-state index contributed by atoms with van der Waals surface area (Å²) in [5.74, 6) is -0.584. The minimum atomic E-state index is -4.45. The number of nitrogens with one attached hydrogen (secondary N) is 1. The molecule has 4 heterocycles. The zero-order chi connectivity index (χ0) is 22.5. The number of anilines is 1. The number of oxazole rings is 1. The number of hydrogen-bond donors (Lipinski definition) is 1. The standard InChI is InChI=1S/C22H18F4N4O2/c23-15-3-1-2-14(19(15)20-27-8-9-32-20)21(31)30-13-5-6-17(30)16(10-13)29-18-7-4-12(11-28-18)22(24,25)26/h1-4,7-9,11,13,16-17H,5-6,10H2,(H,28,29). The van der Waals surface area contributed by atoms with Gasteiger partial charge in [0.25, 0.3) is 5.91 Å². The van der Waals surface area contributed by atoms with E-state index in [4.69, 9.17) is 4.42 Å². The molecule has 32 heavy (non-hydrogen) atoms. The third kappa shape index (κ3) is 3.49. The molecule has 3 unspecified atom stereocenters. The predicted molar refractivity (Wildman–Crippen MR) is 106 cm³/mol. The van der Waals surface area contributed by atoms with Crippen LogP contribution >= 0.6 is 0 Å². The highest BCUT2D eigenvalue weighted by molar-refractivity contribution is 6.00. The summed E-state index contributed by atoms with van der Waals surface area (Å²) in [5, 5.41) is 3.16. The first-order valence-corrected chi connectivity index (χ1v) is 10.1. The molecule has 0 radical (unpaired) electrons. The third-order valence-electron chi connectivity index (χ3n) is 6.09. The lowest BCUT2D eigenvalue weighted by Gasteiger charge is -2.26. The second-order valence-corrected chi connectivity index (χ2v) is 7.93. The molecule has 2 fully saturated rings. The smallest absolute Gasteiger partial charge is 0.417 e. The lowest BCUT2D eigenvalue weighted by molar-refractivity contribution is -0.137. The first-order chi connectivity index (χ1) is 15.3. The molecule has 2 saturated heterocycles. The maximum Gasteiger partial charge on any atom is 0.417 e. The van der Waals surface area contributed by atoms with Crippen LogP contribution in [0.15, 0.2) is 53.4 Å². The van der Waals surface area contributed by atoms with E-state index in [0.717, 1.165) is 25.1 Å². The van der Waals surface area contributed by atoms with Crippen LogP contribution in [0, 0.1) is 5.82 Å². The molecule has 1 N–H and O–H groups in total. The minimum absolute atomic E-state index is 0.0164. The Labute approximate surface area is 180 Å². The maximum absolute atomic E-state index is 14.6. The monoisotopic (exact) mass is 446 g/mol. The number of benzene rings is 1. The van der Waals surface area contributed by atoms with Gasteiger partial charge in [-0.3, -0.25) is 4.79 Å². The van der Waals surface area contributed by atoms with E-state index < -0.39 is 17.6 Å². The van der Waals surface area contributed by atoms with E-state index in [1.807, 2.05) is 0 Å². The summed E-state index contributed by atoms with van der Waals surface area (Å²) in [4.78, 5) is 23.1. The molecule has 0 saturated carbocycles. The van der Waals surface area contributed by atoms with Gasteiger partial charge in [-0.15, -0.1) is 0 Å². The zero-order valence-corrected chi connectivity index (χ0v) is 16.6. The van der Waals surface area contributed by atoms with Crippen molar-refractivity contribution in [1.29, 1.82) is 0 Å². The van der Waals surface area contributed by atoms with Crippen molar-refractivity contribution in [3.8, 4) is 11.5 Å². The maximum atomic E-state index is 14.6. The number of rotatable bonds is 4. The number of fused-ring (bicyclic) bond motifs is 2. The van der Waals surface area contributed by atoms with Gasteiger partial charge in [-0.2, -0.15) is 13.2 Å². The molecule has 1 amide bonds. The van der Waals surface area contributed by atoms with Gasteiger partial charge in [-0.25, -0.2) is 14.4 Å². The zero-order valence-electron chi connectivity index (χ0n) is 16.6. The van der Waals surface area contributed by atoms with E-state index in [1.54, 1.807) is 11.0 Å². The SMILES string of the molecule is O=C(c1cccc(F)c1-c1ncco1)N1C2CCC1C(Nc1ccc(C(F)(F)F)cn1)C2. The Hall–Kier alpha value is -3.43. The summed E-state index contributed by atoms with van der Waals surface area (Å²) in [6.07, 6.45) is 1.19. The van der Waals surface area contributed by atoms with E-state index in [1.165, 1.54) is 30.7 Å². The van der Waals surface area contributed by atoms with Crippen molar-refractivity contribution in [3.05, 3.63) is 65.9 Å². The van der Waals surface area contributed by atoms with Crippen LogP contribution in [-0.2, 0) is 6.18 Å². The summed E-state index contributed by atoms with van der Waals surface area (Å²) >= 11 is 0. The predicted octanol–water partition coefficient (Wildman–Crippen LogP) is 4.75. The van der Waals surface area contributed by atoms with Crippen LogP contribution in [0.25, 0.3) is 11.5 Å². The Balaban J connectivity index is 1.38. The minimum Gasteiger partial charge on any atom is -0.444 e. The number of alkyl halides is 3. The molecule has 3 atom stereocenters. The molecule has 2 aliphatic rings. The fourth-order valence-electron chi connectivity index (χ4n) is 4.70. The summed E-state index contributed by atoms with van der Waals surface area (Å²) in [6.45, 7) is 0. The Morgan fingerprint density at radius 2 is 2.00 bits per heavy atom. The van der Waals surface area contributed by atoms with Crippen LogP contribution in [0.1, 0.15) is 35.2 Å². The van der Waals surface area contributed by atoms with Gasteiger partial charge in [-0.1, -0.05) is 6.07 Å². The Morgan fingerprint density at radius 1 is 1.16 bits per heavy atom. The number of hydrogen-bond acceptors (Lipinski definition) is 5. The van der Waals surface area contributed by atoms with Crippen molar-refractivity contribution < 1.29 is 26.8 Å². The van der Waals surface area contributed by atoms with E-state index >= 15 is 0 Å². The van der Waals surface area contributed by atoms with Gasteiger partial charge in [0.05, 0.1) is 28.9 Å². The molecule has 0 aliphatic carbocycles. The van der Waals surface area contributed by atoms with Crippen molar-refractivity contribution >= 4 is 11.7 Å². The van der Waals surface area contributed by atoms with Gasteiger partial charge >= 0.3 is 6.18 Å². The van der Waals surface area contributed by atoms with Gasteiger partial charge in [0.1, 0.15) is 17.9 Å². The van der Waals surface area contributed by atoms with Crippen LogP contribution < -0.4 is 5.32 Å². The van der Waals surface area contributed by atoms with Crippen molar-refractivity contribution in [2.75, 3.05) is 5.32 Å². The second-order valence-electron chi connectivity index (χ2n) is 7.93. The van der Waals surface area contributed by atoms with Crippen molar-refractivity contribution in [2.45, 2.75) is 43.6 Å². The van der Waals surface area contributed by atoms with Gasteiger partial charge in [0, 0.05) is 18.3 Å². The highest BCUT2D eigenvalue weighted by Crippen LogP contribution is 2.41. The van der Waals surface area contributed by atoms with E-state index in [9.17, 15) is 22.4 Å². The molecule has 166 valence electrons. The van der Waals surface area contributed by atoms with Crippen molar-refractivity contribution in [2.24, 2.45) is 0 Å². The molecular weight excluding hydrogens is 428 g/mol. The molecule has 10 heteroatoms. The normalized spacial score (nSPS) is 22.4. The van der Waals surface area contributed by atoms with Gasteiger partial charge < -0.3 is 14.6 Å². The number of carbonyl (C=O) groups excluding carboxylic acids is 1. The highest BCUT2D eigenvalue weighted by Gasteiger charge is 2.49. The number of pyridine rings is 1. The van der Waals surface area contributed by atoms with Crippen LogP contribution in [0.3, 0.4) is 0 Å². The summed E-state index contributed by atoms with van der Waals surface area (Å²) in [5.41, 5.74) is -0.640. The molecule has 2 bridgehead atoms. The molecule has 0 spiro atoms. The van der Waals surface area contributed by atoms with E-state index in [2.05, 4.69) is 15.3 Å². The van der Waals surface area contributed by atoms with Crippen LogP contribution in [0.2, 0.25) is 0 Å². The topological polar surface area (TPSA) is 71.3 Å². The molecule has 1 aromatic carbocycles. The second kappa shape index (κ2) is 7.61. The first kappa shape index (κ1) is 20.5. The molecular formula is C22H18F4N4O2. The number of aromatic nitrogens is 2. The molecule has 3 aromatic rings. The molecule has 2 aliphatic heterocycles. The lowest BCUT2D eigenvalue weighted by atomic mass is 9.95. The van der Waals surface area contributed by atoms with Crippen LogP contribution in [-0.4, -0.2) is 38.9 Å². The number of carbonyl (C=O) groups is 1. The summed E-state index contributed by atoms with van der Waals surface area (Å²) in [7, 11) is 0. The van der Waals surface area contributed by atoms with E-state index in [0.29, 0.717) is 12.2 Å². The lowest BCUT2D eigenvalue weighted by Crippen LogP contribution is -2.40. The first-order valence-electron chi connectivity index (χ1n) is 10.1. The number of amides is 1. The van der Waals surface area contributed by atoms with Crippen LogP contribution in [0.5, 0.6) is 0 Å². The van der Waals surface area contributed by atoms with Crippen LogP contribution in [0.4, 0.5) is 23.4 Å². The van der Waals surface area contributed by atoms with Crippen molar-refractivity contribution in [1.82, 2.24) is 14.9 Å². The molecule has 2 aromatic heterocycles. The fourth-order valence-corrected chi connectivity index (χ4v) is 4.70. The van der Waals surface area contributed by atoms with Crippen molar-refractivity contribution in [3.63, 3.8) is 0 Å². The van der Waals surface area contributed by atoms with Gasteiger partial charge in [-0.05, 0) is 43.5 Å². The largest absolute Gasteiger partial charge is 0.444 e. The quantitative estimate of drug-likeness (QED) is 0.586. The Morgan fingerprint density at radius 3 is 2.69 bits per heavy atom. The molecule has 6 nitrogen and oxygen atoms in total. The van der Waals surface area contributed by atoms with Gasteiger partial charge in [0.2, 0.25) is 5.89 Å². The molecule has 5 rings (SSSR count). The average Bonchev–Trinajstić information content (AvgIpc) is 3.49. The fraction of sp³-hybridized carbons (Fsp3) is 0.318. The number of halogens is 4. The Kier molecular flexibility index (Phi) is 4.87. The van der Waals surface area contributed by atoms with Gasteiger partial charge in [0.15, 0.2) is 0 Å².